The number of rotatable bonds is 3. The Morgan fingerprint density at radius 2 is 2.24 bits per heavy atom. The van der Waals surface area contributed by atoms with E-state index >= 15 is 0 Å². The van der Waals surface area contributed by atoms with E-state index in [9.17, 15) is 0 Å². The van der Waals surface area contributed by atoms with Crippen LogP contribution in [0.2, 0.25) is 0 Å². The van der Waals surface area contributed by atoms with Crippen molar-refractivity contribution < 1.29 is 4.42 Å². The van der Waals surface area contributed by atoms with Crippen LogP contribution >= 0.6 is 0 Å². The molecule has 0 saturated heterocycles. The van der Waals surface area contributed by atoms with Gasteiger partial charge in [-0.3, -0.25) is 4.68 Å². The van der Waals surface area contributed by atoms with Crippen LogP contribution in [0.15, 0.2) is 47.3 Å². The molecule has 2 aromatic heterocycles. The normalized spacial score (nSPS) is 10.9. The van der Waals surface area contributed by atoms with Crippen LogP contribution in [0, 0.1) is 0 Å². The number of hydrogen-bond donors (Lipinski definition) is 1. The Kier molecular flexibility index (Phi) is 2.33. The van der Waals surface area contributed by atoms with Crippen LogP contribution < -0.4 is 5.32 Å². The molecule has 0 saturated carbocycles. The van der Waals surface area contributed by atoms with E-state index in [1.807, 2.05) is 37.6 Å². The molecule has 0 amide bonds. The molecule has 0 aliphatic rings. The minimum atomic E-state index is 0.739. The average Bonchev–Trinajstić information content (AvgIpc) is 2.93. The number of aromatic nitrogens is 2. The smallest absolute Gasteiger partial charge is 0.134 e. The molecule has 0 spiro atoms. The quantitative estimate of drug-likeness (QED) is 0.748. The molecule has 0 aliphatic heterocycles. The second kappa shape index (κ2) is 3.97. The molecule has 3 rings (SSSR count). The summed E-state index contributed by atoms with van der Waals surface area (Å²) in [5, 5.41) is 8.58. The van der Waals surface area contributed by atoms with Gasteiger partial charge in [-0.15, -0.1) is 0 Å². The zero-order valence-electron chi connectivity index (χ0n) is 9.55. The number of aryl methyl sites for hydroxylation is 1. The topological polar surface area (TPSA) is 43.0 Å². The van der Waals surface area contributed by atoms with Gasteiger partial charge < -0.3 is 9.73 Å². The van der Waals surface area contributed by atoms with Crippen LogP contribution in [0.3, 0.4) is 0 Å². The first kappa shape index (κ1) is 9.96. The molecule has 86 valence electrons. The van der Waals surface area contributed by atoms with Crippen molar-refractivity contribution in [3.8, 4) is 0 Å². The van der Waals surface area contributed by atoms with E-state index in [0.717, 1.165) is 28.8 Å². The lowest BCUT2D eigenvalue weighted by Crippen LogP contribution is -1.97. The zero-order chi connectivity index (χ0) is 11.7. The summed E-state index contributed by atoms with van der Waals surface area (Å²) in [4.78, 5) is 0. The van der Waals surface area contributed by atoms with Gasteiger partial charge in [-0.25, -0.2) is 0 Å². The molecule has 17 heavy (non-hydrogen) atoms. The summed E-state index contributed by atoms with van der Waals surface area (Å²) < 4.78 is 7.26. The molecule has 4 heteroatoms. The summed E-state index contributed by atoms with van der Waals surface area (Å²) in [5.41, 5.74) is 3.10. The summed E-state index contributed by atoms with van der Waals surface area (Å²) >= 11 is 0. The maximum atomic E-state index is 5.48. The number of nitrogens with one attached hydrogen (secondary N) is 1. The summed E-state index contributed by atoms with van der Waals surface area (Å²) in [5.74, 6) is 0. The van der Waals surface area contributed by atoms with Crippen molar-refractivity contribution in [3.05, 3.63) is 48.5 Å². The number of para-hydroxylation sites is 1. The SMILES string of the molecule is Cn1cc(NCc2coc3ccccc23)cn1. The second-order valence-electron chi connectivity index (χ2n) is 4.01. The second-order valence-corrected chi connectivity index (χ2v) is 4.01. The molecule has 0 atom stereocenters. The molecular weight excluding hydrogens is 214 g/mol. The van der Waals surface area contributed by atoms with Gasteiger partial charge in [0.25, 0.3) is 0 Å². The standard InChI is InChI=1S/C13H13N3O/c1-16-8-11(7-15-16)14-6-10-9-17-13-5-3-2-4-12(10)13/h2-5,7-9,14H,6H2,1H3. The Labute approximate surface area is 98.9 Å². The maximum Gasteiger partial charge on any atom is 0.134 e. The monoisotopic (exact) mass is 227 g/mol. The van der Waals surface area contributed by atoms with E-state index in [-0.39, 0.29) is 0 Å². The molecule has 1 aromatic carbocycles. The highest BCUT2D eigenvalue weighted by Crippen LogP contribution is 2.21. The Morgan fingerprint density at radius 1 is 1.35 bits per heavy atom. The van der Waals surface area contributed by atoms with Crippen LogP contribution in [-0.4, -0.2) is 9.78 Å². The molecular formula is C13H13N3O. The van der Waals surface area contributed by atoms with Crippen molar-refractivity contribution in [3.63, 3.8) is 0 Å². The maximum absolute atomic E-state index is 5.48. The van der Waals surface area contributed by atoms with E-state index in [2.05, 4.69) is 16.5 Å². The third-order valence-corrected chi connectivity index (χ3v) is 2.75. The van der Waals surface area contributed by atoms with Gasteiger partial charge in [-0.1, -0.05) is 18.2 Å². The largest absolute Gasteiger partial charge is 0.464 e. The zero-order valence-corrected chi connectivity index (χ0v) is 9.55. The van der Waals surface area contributed by atoms with E-state index in [1.54, 1.807) is 10.9 Å². The minimum Gasteiger partial charge on any atom is -0.464 e. The molecule has 3 aromatic rings. The van der Waals surface area contributed by atoms with Crippen molar-refractivity contribution in [2.24, 2.45) is 7.05 Å². The lowest BCUT2D eigenvalue weighted by molar-refractivity contribution is 0.611. The van der Waals surface area contributed by atoms with Gasteiger partial charge in [0.15, 0.2) is 0 Å². The van der Waals surface area contributed by atoms with Crippen LogP contribution in [-0.2, 0) is 13.6 Å². The highest BCUT2D eigenvalue weighted by molar-refractivity contribution is 5.81. The van der Waals surface area contributed by atoms with Crippen molar-refractivity contribution in [2.45, 2.75) is 6.54 Å². The Balaban J connectivity index is 1.81. The average molecular weight is 227 g/mol. The molecule has 1 N–H and O–H groups in total. The van der Waals surface area contributed by atoms with Gasteiger partial charge in [0.05, 0.1) is 18.1 Å². The predicted molar refractivity (Wildman–Crippen MR) is 66.7 cm³/mol. The lowest BCUT2D eigenvalue weighted by atomic mass is 10.2. The van der Waals surface area contributed by atoms with Crippen molar-refractivity contribution in [1.29, 1.82) is 0 Å². The molecule has 0 unspecified atom stereocenters. The van der Waals surface area contributed by atoms with Crippen LogP contribution in [0.25, 0.3) is 11.0 Å². The van der Waals surface area contributed by atoms with Gasteiger partial charge in [0.1, 0.15) is 5.58 Å². The van der Waals surface area contributed by atoms with Crippen LogP contribution in [0.4, 0.5) is 5.69 Å². The van der Waals surface area contributed by atoms with Crippen molar-refractivity contribution in [2.75, 3.05) is 5.32 Å². The van der Waals surface area contributed by atoms with Gasteiger partial charge in [0.2, 0.25) is 0 Å². The van der Waals surface area contributed by atoms with Crippen molar-refractivity contribution >= 4 is 16.7 Å². The Bertz CT molecular complexity index is 639. The first-order valence-corrected chi connectivity index (χ1v) is 5.50. The first-order valence-electron chi connectivity index (χ1n) is 5.50. The van der Waals surface area contributed by atoms with E-state index < -0.39 is 0 Å². The number of furan rings is 1. The Morgan fingerprint density at radius 3 is 3.06 bits per heavy atom. The summed E-state index contributed by atoms with van der Waals surface area (Å²) in [6.45, 7) is 0.739. The summed E-state index contributed by atoms with van der Waals surface area (Å²) in [7, 11) is 1.90. The number of anilines is 1. The Hall–Kier alpha value is -2.23. The van der Waals surface area contributed by atoms with E-state index in [0.29, 0.717) is 0 Å². The fraction of sp³-hybridized carbons (Fsp3) is 0.154. The van der Waals surface area contributed by atoms with Gasteiger partial charge in [-0.05, 0) is 6.07 Å². The fourth-order valence-electron chi connectivity index (χ4n) is 1.88. The predicted octanol–water partition coefficient (Wildman–Crippen LogP) is 2.78. The molecule has 0 bridgehead atoms. The molecule has 0 aliphatic carbocycles. The number of fused-ring (bicyclic) bond motifs is 1. The van der Waals surface area contributed by atoms with Gasteiger partial charge in [-0.2, -0.15) is 5.10 Å². The lowest BCUT2D eigenvalue weighted by Gasteiger charge is -2.00. The highest BCUT2D eigenvalue weighted by atomic mass is 16.3. The molecule has 0 radical (unpaired) electrons. The number of benzene rings is 1. The third kappa shape index (κ3) is 1.89. The summed E-state index contributed by atoms with van der Waals surface area (Å²) in [6.07, 6.45) is 5.55. The first-order chi connectivity index (χ1) is 8.33. The van der Waals surface area contributed by atoms with Crippen molar-refractivity contribution in [1.82, 2.24) is 9.78 Å². The number of nitrogens with zero attached hydrogens (tertiary/aromatic N) is 2. The van der Waals surface area contributed by atoms with Gasteiger partial charge in [0, 0.05) is 30.7 Å². The fourth-order valence-corrected chi connectivity index (χ4v) is 1.88. The van der Waals surface area contributed by atoms with Crippen LogP contribution in [0.1, 0.15) is 5.56 Å². The van der Waals surface area contributed by atoms with Crippen LogP contribution in [0.5, 0.6) is 0 Å². The highest BCUT2D eigenvalue weighted by Gasteiger charge is 2.04. The summed E-state index contributed by atoms with van der Waals surface area (Å²) in [6, 6.07) is 8.04. The number of hydrogen-bond acceptors (Lipinski definition) is 3. The molecule has 0 fully saturated rings. The minimum absolute atomic E-state index is 0.739. The molecule has 2 heterocycles. The van der Waals surface area contributed by atoms with Gasteiger partial charge >= 0.3 is 0 Å². The van der Waals surface area contributed by atoms with E-state index in [4.69, 9.17) is 4.42 Å². The third-order valence-electron chi connectivity index (χ3n) is 2.75. The molecule has 4 nitrogen and oxygen atoms in total. The van der Waals surface area contributed by atoms with E-state index in [1.165, 1.54) is 0 Å².